The van der Waals surface area contributed by atoms with Crippen LogP contribution in [-0.4, -0.2) is 43.2 Å². The molecule has 1 aliphatic rings. The second-order valence-corrected chi connectivity index (χ2v) is 7.26. The highest BCUT2D eigenvalue weighted by Crippen LogP contribution is 2.30. The molecule has 1 aliphatic carbocycles. The van der Waals surface area contributed by atoms with Crippen molar-refractivity contribution in [3.63, 3.8) is 0 Å². The van der Waals surface area contributed by atoms with Crippen molar-refractivity contribution in [3.8, 4) is 0 Å². The highest BCUT2D eigenvalue weighted by molar-refractivity contribution is 7.98. The van der Waals surface area contributed by atoms with E-state index in [1.54, 1.807) is 11.8 Å². The number of thioether (sulfide) groups is 1. The number of rotatable bonds is 5. The van der Waals surface area contributed by atoms with Crippen molar-refractivity contribution >= 4 is 17.7 Å². The Morgan fingerprint density at radius 1 is 1.18 bits per heavy atom. The van der Waals surface area contributed by atoms with E-state index in [9.17, 15) is 4.79 Å². The first kappa shape index (κ1) is 17.4. The predicted octanol–water partition coefficient (Wildman–Crippen LogP) is 3.79. The van der Waals surface area contributed by atoms with E-state index in [-0.39, 0.29) is 11.4 Å². The van der Waals surface area contributed by atoms with Crippen LogP contribution in [0.1, 0.15) is 48.9 Å². The molecule has 3 nitrogen and oxygen atoms in total. The van der Waals surface area contributed by atoms with E-state index in [1.807, 2.05) is 30.5 Å². The number of benzene rings is 1. The smallest absolute Gasteiger partial charge is 0.252 e. The molecule has 1 amide bonds. The van der Waals surface area contributed by atoms with Gasteiger partial charge in [0.2, 0.25) is 0 Å². The molecule has 0 bridgehead atoms. The maximum Gasteiger partial charge on any atom is 0.252 e. The molecule has 0 aromatic heterocycles. The van der Waals surface area contributed by atoms with Gasteiger partial charge in [-0.1, -0.05) is 37.8 Å². The van der Waals surface area contributed by atoms with Gasteiger partial charge in [-0.25, -0.2) is 0 Å². The summed E-state index contributed by atoms with van der Waals surface area (Å²) in [5.41, 5.74) is 0.901. The van der Waals surface area contributed by atoms with E-state index < -0.39 is 0 Å². The topological polar surface area (TPSA) is 32.3 Å². The third-order valence-electron chi connectivity index (χ3n) is 4.91. The molecule has 1 aromatic carbocycles. The van der Waals surface area contributed by atoms with Crippen molar-refractivity contribution in [3.05, 3.63) is 29.8 Å². The molecule has 0 heterocycles. The van der Waals surface area contributed by atoms with Crippen LogP contribution < -0.4 is 5.32 Å². The monoisotopic (exact) mass is 320 g/mol. The van der Waals surface area contributed by atoms with Gasteiger partial charge in [0.15, 0.2) is 0 Å². The number of hydrogen-bond donors (Lipinski definition) is 1. The van der Waals surface area contributed by atoms with Crippen molar-refractivity contribution in [2.45, 2.75) is 49.0 Å². The first-order valence-electron chi connectivity index (χ1n) is 8.18. The van der Waals surface area contributed by atoms with Crippen LogP contribution in [0.25, 0.3) is 0 Å². The van der Waals surface area contributed by atoms with Crippen LogP contribution in [-0.2, 0) is 0 Å². The lowest BCUT2D eigenvalue weighted by Gasteiger charge is -2.39. The van der Waals surface area contributed by atoms with Gasteiger partial charge >= 0.3 is 0 Å². The standard InChI is InChI=1S/C18H28N2OS/c1-20(2)18(12-8-4-5-9-13-18)14-19-17(21)15-10-6-7-11-16(15)22-3/h6-7,10-11H,4-5,8-9,12-14H2,1-3H3,(H,19,21). The number of amides is 1. The molecular weight excluding hydrogens is 292 g/mol. The van der Waals surface area contributed by atoms with Gasteiger partial charge < -0.3 is 10.2 Å². The fraction of sp³-hybridized carbons (Fsp3) is 0.611. The Balaban J connectivity index is 2.07. The summed E-state index contributed by atoms with van der Waals surface area (Å²) in [6, 6.07) is 7.83. The Morgan fingerprint density at radius 2 is 1.82 bits per heavy atom. The second kappa shape index (κ2) is 8.02. The van der Waals surface area contributed by atoms with Crippen molar-refractivity contribution < 1.29 is 4.79 Å². The number of carbonyl (C=O) groups is 1. The zero-order valence-corrected chi connectivity index (χ0v) is 14.8. The van der Waals surface area contributed by atoms with Gasteiger partial charge in [-0.05, 0) is 45.3 Å². The molecule has 0 spiro atoms. The molecule has 2 rings (SSSR count). The lowest BCUT2D eigenvalue weighted by molar-refractivity contribution is 0.0866. The van der Waals surface area contributed by atoms with Crippen LogP contribution in [0.15, 0.2) is 29.2 Å². The molecule has 22 heavy (non-hydrogen) atoms. The van der Waals surface area contributed by atoms with Crippen molar-refractivity contribution in [1.29, 1.82) is 0 Å². The Morgan fingerprint density at radius 3 is 2.41 bits per heavy atom. The highest BCUT2D eigenvalue weighted by Gasteiger charge is 2.33. The number of likely N-dealkylation sites (N-methyl/N-ethyl adjacent to an activating group) is 1. The third-order valence-corrected chi connectivity index (χ3v) is 5.71. The summed E-state index contributed by atoms with van der Waals surface area (Å²) >= 11 is 1.62. The molecule has 0 atom stereocenters. The van der Waals surface area contributed by atoms with Gasteiger partial charge in [0.1, 0.15) is 0 Å². The Hall–Kier alpha value is -1.00. The van der Waals surface area contributed by atoms with E-state index in [0.717, 1.165) is 17.0 Å². The first-order valence-corrected chi connectivity index (χ1v) is 9.40. The third kappa shape index (κ3) is 4.05. The SMILES string of the molecule is CSc1ccccc1C(=O)NCC1(N(C)C)CCCCCC1. The molecule has 1 saturated carbocycles. The molecule has 122 valence electrons. The van der Waals surface area contributed by atoms with E-state index in [4.69, 9.17) is 0 Å². The molecule has 0 unspecified atom stereocenters. The normalized spacial score (nSPS) is 18.0. The molecule has 1 fully saturated rings. The number of nitrogens with one attached hydrogen (secondary N) is 1. The summed E-state index contributed by atoms with van der Waals surface area (Å²) in [6.45, 7) is 0.738. The zero-order chi connectivity index (χ0) is 16.0. The molecule has 0 saturated heterocycles. The van der Waals surface area contributed by atoms with Crippen molar-refractivity contribution in [2.24, 2.45) is 0 Å². The largest absolute Gasteiger partial charge is 0.350 e. The van der Waals surface area contributed by atoms with Crippen molar-refractivity contribution in [2.75, 3.05) is 26.9 Å². The molecule has 0 radical (unpaired) electrons. The minimum atomic E-state index is 0.0513. The lowest BCUT2D eigenvalue weighted by atomic mass is 9.88. The molecule has 4 heteroatoms. The summed E-state index contributed by atoms with van der Waals surface area (Å²) in [7, 11) is 4.29. The van der Waals surface area contributed by atoms with E-state index >= 15 is 0 Å². The molecule has 1 aromatic rings. The quantitative estimate of drug-likeness (QED) is 0.662. The van der Waals surface area contributed by atoms with E-state index in [1.165, 1.54) is 38.5 Å². The predicted molar refractivity (Wildman–Crippen MR) is 94.7 cm³/mol. The minimum Gasteiger partial charge on any atom is -0.350 e. The van der Waals surface area contributed by atoms with Gasteiger partial charge in [-0.2, -0.15) is 0 Å². The molecular formula is C18H28N2OS. The second-order valence-electron chi connectivity index (χ2n) is 6.42. The van der Waals surface area contributed by atoms with Crippen molar-refractivity contribution in [1.82, 2.24) is 10.2 Å². The van der Waals surface area contributed by atoms with Crippen LogP contribution in [0.4, 0.5) is 0 Å². The molecule has 1 N–H and O–H groups in total. The first-order chi connectivity index (χ1) is 10.6. The van der Waals surface area contributed by atoms with Gasteiger partial charge in [0, 0.05) is 17.0 Å². The van der Waals surface area contributed by atoms with Crippen LogP contribution in [0.2, 0.25) is 0 Å². The number of nitrogens with zero attached hydrogens (tertiary/aromatic N) is 1. The highest BCUT2D eigenvalue weighted by atomic mass is 32.2. The minimum absolute atomic E-state index is 0.0513. The lowest BCUT2D eigenvalue weighted by Crippen LogP contribution is -2.52. The van der Waals surface area contributed by atoms with E-state index in [2.05, 4.69) is 24.3 Å². The van der Waals surface area contributed by atoms with Crippen LogP contribution in [0.5, 0.6) is 0 Å². The Bertz CT molecular complexity index is 494. The van der Waals surface area contributed by atoms with Crippen LogP contribution >= 0.6 is 11.8 Å². The summed E-state index contributed by atoms with van der Waals surface area (Å²) < 4.78 is 0. The average molecular weight is 321 g/mol. The summed E-state index contributed by atoms with van der Waals surface area (Å²) in [5.74, 6) is 0.0513. The maximum atomic E-state index is 12.6. The van der Waals surface area contributed by atoms with Crippen LogP contribution in [0, 0.1) is 0 Å². The van der Waals surface area contributed by atoms with Gasteiger partial charge in [0.25, 0.3) is 5.91 Å². The maximum absolute atomic E-state index is 12.6. The summed E-state index contributed by atoms with van der Waals surface area (Å²) in [5, 5.41) is 3.20. The Labute approximate surface area is 138 Å². The zero-order valence-electron chi connectivity index (χ0n) is 14.0. The summed E-state index contributed by atoms with van der Waals surface area (Å²) in [6.07, 6.45) is 9.51. The van der Waals surface area contributed by atoms with E-state index in [0.29, 0.717) is 0 Å². The molecule has 0 aliphatic heterocycles. The van der Waals surface area contributed by atoms with Gasteiger partial charge in [0.05, 0.1) is 5.56 Å². The average Bonchev–Trinajstić information content (AvgIpc) is 2.79. The number of hydrogen-bond acceptors (Lipinski definition) is 3. The fourth-order valence-corrected chi connectivity index (χ4v) is 3.94. The summed E-state index contributed by atoms with van der Waals surface area (Å²) in [4.78, 5) is 15.9. The number of carbonyl (C=O) groups excluding carboxylic acids is 1. The van der Waals surface area contributed by atoms with Gasteiger partial charge in [-0.15, -0.1) is 11.8 Å². The Kier molecular flexibility index (Phi) is 6.33. The fourth-order valence-electron chi connectivity index (χ4n) is 3.34. The van der Waals surface area contributed by atoms with Gasteiger partial charge in [-0.3, -0.25) is 4.79 Å². The van der Waals surface area contributed by atoms with Crippen LogP contribution in [0.3, 0.4) is 0 Å².